The normalized spacial score (nSPS) is 10.4. The van der Waals surface area contributed by atoms with Crippen LogP contribution in [0, 0.1) is 58.4 Å². The van der Waals surface area contributed by atoms with Gasteiger partial charge in [0.05, 0.1) is 6.54 Å². The molecule has 0 spiro atoms. The number of amidine groups is 2. The molecule has 2 aromatic heterocycles. The number of carbonyl (C=O) groups is 1. The third kappa shape index (κ3) is 41.0. The molecule has 0 bridgehead atoms. The Kier molecular flexibility index (Phi) is 71.7. The van der Waals surface area contributed by atoms with E-state index < -0.39 is 0 Å². The summed E-state index contributed by atoms with van der Waals surface area (Å²) in [6, 6.07) is 2.09. The molecule has 0 aromatic carbocycles. The average Bonchev–Trinajstić information content (AvgIpc) is 3.92. The molecule has 1 aliphatic heterocycles. The van der Waals surface area contributed by atoms with Crippen molar-refractivity contribution in [2.75, 3.05) is 6.54 Å². The van der Waals surface area contributed by atoms with Crippen molar-refractivity contribution in [1.82, 2.24) is 35.0 Å². The van der Waals surface area contributed by atoms with E-state index in [0.29, 0.717) is 52.7 Å². The Morgan fingerprint density at radius 2 is 1.19 bits per heavy atom. The molecule has 1 amide bonds. The fourth-order valence-electron chi connectivity index (χ4n) is 3.65. The van der Waals surface area contributed by atoms with E-state index in [0.717, 1.165) is 23.6 Å². The number of nitrogens with zero attached hydrogens (tertiary/aromatic N) is 12. The van der Waals surface area contributed by atoms with Crippen molar-refractivity contribution in [2.45, 2.75) is 69.2 Å². The second-order valence-electron chi connectivity index (χ2n) is 11.9. The van der Waals surface area contributed by atoms with Gasteiger partial charge in [0.2, 0.25) is 5.91 Å². The Balaban J connectivity index is -0.0000000650. The van der Waals surface area contributed by atoms with Gasteiger partial charge in [0.25, 0.3) is 0 Å². The molecule has 0 aliphatic carbocycles. The number of aromatic nitrogens is 6. The predicted molar refractivity (Wildman–Crippen MR) is 293 cm³/mol. The molecule has 0 fully saturated rings. The molecule has 2 aromatic rings. The maximum Gasteiger partial charge on any atom is 2.00 e. The molecule has 3 heterocycles. The minimum absolute atomic E-state index is 0. The van der Waals surface area contributed by atoms with Crippen LogP contribution in [0.1, 0.15) is 78.7 Å². The molecule has 378 valence electrons. The Bertz CT molecular complexity index is 1980. The van der Waals surface area contributed by atoms with Gasteiger partial charge in [-0.1, -0.05) is 91.8 Å². The largest absolute Gasteiger partial charge is 2.00 e. The zero-order chi connectivity index (χ0) is 47.0. The number of allylic oxidation sites excluding steroid dienone is 6. The number of amides is 1. The first-order valence-corrected chi connectivity index (χ1v) is 18.5. The number of hydrogen-bond donors (Lipinski definition) is 4. The molecule has 0 saturated carbocycles. The number of aryl methyl sites for hydroxylation is 2. The van der Waals surface area contributed by atoms with Crippen molar-refractivity contribution < 1.29 is 68.0 Å². The summed E-state index contributed by atoms with van der Waals surface area (Å²) in [5.41, 5.74) is 10.3. The number of nitrogens with two attached hydrogens (primary N) is 2. The number of rotatable bonds is 14. The summed E-state index contributed by atoms with van der Waals surface area (Å²) in [6.07, 6.45) is 12.9. The molecule has 23 heteroatoms. The molecule has 0 saturated heterocycles. The van der Waals surface area contributed by atoms with Gasteiger partial charge in [-0.2, -0.15) is 24.0 Å². The van der Waals surface area contributed by atoms with Crippen LogP contribution in [0.2, 0.25) is 0 Å². The maximum absolute atomic E-state index is 9.58. The number of nitrogens with one attached hydrogen (secondary N) is 2. The Labute approximate surface area is 472 Å². The zero-order valence-electron chi connectivity index (χ0n) is 41.8. The van der Waals surface area contributed by atoms with Crippen molar-refractivity contribution >= 4 is 101 Å². The van der Waals surface area contributed by atoms with Gasteiger partial charge >= 0.3 is 63.2 Å². The van der Waals surface area contributed by atoms with Gasteiger partial charge in [-0.25, -0.2) is 10.8 Å². The summed E-state index contributed by atoms with van der Waals surface area (Å²) in [7, 11) is 0. The minimum Gasteiger partial charge on any atom is -0.382 e. The molecule has 0 radical (unpaired) electrons. The first kappa shape index (κ1) is 90.4. The monoisotopic (exact) mass is 1550 g/mol. The zero-order valence-corrected chi connectivity index (χ0v) is 53.9. The molecule has 3 rings (SSSR count). The van der Waals surface area contributed by atoms with Crippen LogP contribution in [0.25, 0.3) is 11.4 Å². The first-order valence-electron chi connectivity index (χ1n) is 17.7. The second-order valence-corrected chi connectivity index (χ2v) is 13.5. The van der Waals surface area contributed by atoms with Crippen LogP contribution in [0.5, 0.6) is 0 Å². The molecular weight excluding hydrogens is 1480 g/mol. The van der Waals surface area contributed by atoms with Crippen molar-refractivity contribution in [3.63, 3.8) is 0 Å². The van der Waals surface area contributed by atoms with Gasteiger partial charge in [-0.15, -0.1) is 36.9 Å². The SMILES string of the molecule is C=C/C=C(\N=C)C1=NCC(C)=N1.C=C/C=C(\N=C)c1nc(C)n([C-](C)C)n1.C=C/C=C(\N=C)c1nc(C)nn1[C-](C)C.C=CN=C(C=C)C(=N)N.CC(=O)NN.C[C-](C)Br.Cl.Cl.[CH3-].[CH3-].[CH3-].[W+2].[W+2].[W+2]. The Morgan fingerprint density at radius 1 is 0.779 bits per heavy atom. The third-order valence-corrected chi connectivity index (χ3v) is 6.01. The van der Waals surface area contributed by atoms with E-state index in [1.165, 1.54) is 24.0 Å². The number of halogens is 3. The van der Waals surface area contributed by atoms with Gasteiger partial charge in [0.15, 0.2) is 11.7 Å². The standard InChI is InChI=1S/2C11H15N4.C9H11N3.C6H9N3.C3H6Br.C2H6N2O.3CH3.2ClH.3W/c1-6-7-10(12-5)11-13-9(4)15(14-11)8(2)3;1-6-7-10(12-5)11-13-9(4)14-15(11)8(2)3;1-4-5-8(10-3)9-11-6-7(2)12-9;1-3-5(6(7)8)9-4-2;1-3(2)4;1-2(5)4-3;;;;;;;;/h2*6-7H,1,5H2,2-4H3;4-5H,1,3,6H2,2H3;3-4H,1-2H2,(H3,7,8);1-2H3;3H2,1H3,(H,4,5);3*1H3;2*1H;;;/q2*-1;;;-1;;3*-1;;;3*+2/b2*10-7-;8-5-;;;;;;;;;;;. The summed E-state index contributed by atoms with van der Waals surface area (Å²) in [6.45, 7) is 47.5. The number of carbonyl (C=O) groups excluding carboxylic acids is 1. The molecule has 68 heavy (non-hydrogen) atoms. The van der Waals surface area contributed by atoms with E-state index in [4.69, 9.17) is 11.1 Å². The van der Waals surface area contributed by atoms with E-state index in [-0.39, 0.29) is 122 Å². The van der Waals surface area contributed by atoms with Crippen LogP contribution >= 0.6 is 40.7 Å². The number of hydrazine groups is 1. The van der Waals surface area contributed by atoms with Crippen molar-refractivity contribution in [2.24, 2.45) is 41.5 Å². The molecule has 0 unspecified atom stereocenters. The minimum atomic E-state index is -0.218. The summed E-state index contributed by atoms with van der Waals surface area (Å²) in [5, 5.41) is 15.5. The third-order valence-electron chi connectivity index (χ3n) is 6.01. The van der Waals surface area contributed by atoms with Crippen molar-refractivity contribution in [3.8, 4) is 0 Å². The number of aliphatic imine (C=N–C) groups is 6. The smallest absolute Gasteiger partial charge is 0.382 e. The van der Waals surface area contributed by atoms with E-state index in [2.05, 4.69) is 125 Å². The van der Waals surface area contributed by atoms with Crippen LogP contribution in [0.3, 0.4) is 0 Å². The quantitative estimate of drug-likeness (QED) is 0.0271. The summed E-state index contributed by atoms with van der Waals surface area (Å²) in [4.78, 5) is 43.0. The molecular formula is C45H73BrCl2N16OW3. The predicted octanol–water partition coefficient (Wildman–Crippen LogP) is 9.93. The Morgan fingerprint density at radius 3 is 1.47 bits per heavy atom. The van der Waals surface area contributed by atoms with Gasteiger partial charge in [-0.05, 0) is 58.1 Å². The maximum atomic E-state index is 9.58. The van der Waals surface area contributed by atoms with E-state index in [1.54, 1.807) is 45.8 Å². The van der Waals surface area contributed by atoms with Crippen molar-refractivity contribution in [3.05, 3.63) is 150 Å². The van der Waals surface area contributed by atoms with Gasteiger partial charge < -0.3 is 63.3 Å². The summed E-state index contributed by atoms with van der Waals surface area (Å²) >= 11 is 3.19. The van der Waals surface area contributed by atoms with E-state index >= 15 is 0 Å². The van der Waals surface area contributed by atoms with E-state index in [9.17, 15) is 4.79 Å². The summed E-state index contributed by atoms with van der Waals surface area (Å²) < 4.78 is 3.52. The average molecular weight is 1560 g/mol. The van der Waals surface area contributed by atoms with Crippen LogP contribution in [-0.4, -0.2) is 85.2 Å². The van der Waals surface area contributed by atoms with Crippen LogP contribution in [-0.2, 0) is 68.0 Å². The van der Waals surface area contributed by atoms with Crippen molar-refractivity contribution in [1.29, 1.82) is 5.41 Å². The molecule has 17 nitrogen and oxygen atoms in total. The van der Waals surface area contributed by atoms with Crippen LogP contribution in [0.15, 0.2) is 117 Å². The first-order chi connectivity index (χ1) is 28.2. The second kappa shape index (κ2) is 53.9. The number of hydrogen-bond acceptors (Lipinski definition) is 13. The van der Waals surface area contributed by atoms with E-state index in [1.807, 2.05) is 67.7 Å². The molecule has 0 atom stereocenters. The van der Waals surface area contributed by atoms with Gasteiger partial charge in [0, 0.05) is 30.4 Å². The fraction of sp³-hybridized carbons (Fsp3) is 0.244. The van der Waals surface area contributed by atoms with Crippen LogP contribution in [0.4, 0.5) is 0 Å². The van der Waals surface area contributed by atoms with Gasteiger partial charge in [-0.3, -0.25) is 45.4 Å². The van der Waals surface area contributed by atoms with Gasteiger partial charge in [0.1, 0.15) is 28.8 Å². The fourth-order valence-corrected chi connectivity index (χ4v) is 3.65. The topological polar surface area (TPSA) is 241 Å². The summed E-state index contributed by atoms with van der Waals surface area (Å²) in [5.74, 6) is 7.74. The molecule has 1 aliphatic rings. The van der Waals surface area contributed by atoms with Crippen LogP contribution < -0.4 is 17.0 Å². The Hall–Kier alpha value is -4.02. The molecule has 6 N–H and O–H groups in total.